The zero-order chi connectivity index (χ0) is 20.1. The second kappa shape index (κ2) is 8.23. The Morgan fingerprint density at radius 2 is 2.03 bits per heavy atom. The highest BCUT2D eigenvalue weighted by Gasteiger charge is 2.10. The number of hydrogen-bond donors (Lipinski definition) is 3. The van der Waals surface area contributed by atoms with Crippen molar-refractivity contribution in [3.05, 3.63) is 83.8 Å². The summed E-state index contributed by atoms with van der Waals surface area (Å²) < 4.78 is 0. The molecule has 1 amide bonds. The van der Waals surface area contributed by atoms with Gasteiger partial charge >= 0.3 is 0 Å². The fourth-order valence-corrected chi connectivity index (χ4v) is 3.08. The fourth-order valence-electron chi connectivity index (χ4n) is 3.08. The van der Waals surface area contributed by atoms with Crippen molar-refractivity contribution in [1.82, 2.24) is 15.0 Å². The number of aromatic nitrogens is 3. The number of nitrogens with zero attached hydrogens (tertiary/aromatic N) is 3. The lowest BCUT2D eigenvalue weighted by atomic mass is 10.1. The summed E-state index contributed by atoms with van der Waals surface area (Å²) in [7, 11) is 0. The first-order chi connectivity index (χ1) is 14.2. The minimum atomic E-state index is -0.359. The Bertz CT molecular complexity index is 1210. The van der Waals surface area contributed by atoms with Gasteiger partial charge in [0.15, 0.2) is 0 Å². The summed E-state index contributed by atoms with van der Waals surface area (Å²) in [4.78, 5) is 24.2. The second-order valence-electron chi connectivity index (χ2n) is 6.45. The third kappa shape index (κ3) is 4.22. The van der Waals surface area contributed by atoms with Crippen molar-refractivity contribution in [2.24, 2.45) is 0 Å². The van der Waals surface area contributed by atoms with Crippen molar-refractivity contribution in [2.45, 2.75) is 6.42 Å². The topological polar surface area (TPSA) is 106 Å². The SMILES string of the molecule is N#Cc1cccc(NC(=O)c2ccnc(NCCc3c[nH]c4ccccc34)n2)c1. The molecule has 0 saturated heterocycles. The summed E-state index contributed by atoms with van der Waals surface area (Å²) >= 11 is 0. The van der Waals surface area contributed by atoms with E-state index in [0.717, 1.165) is 11.9 Å². The van der Waals surface area contributed by atoms with Crippen LogP contribution in [0.15, 0.2) is 67.0 Å². The quantitative estimate of drug-likeness (QED) is 0.471. The molecule has 0 saturated carbocycles. The predicted molar refractivity (Wildman–Crippen MR) is 112 cm³/mol. The van der Waals surface area contributed by atoms with Gasteiger partial charge in [-0.1, -0.05) is 24.3 Å². The Hall–Kier alpha value is -4.18. The monoisotopic (exact) mass is 382 g/mol. The van der Waals surface area contributed by atoms with Crippen molar-refractivity contribution < 1.29 is 4.79 Å². The largest absolute Gasteiger partial charge is 0.361 e. The molecule has 142 valence electrons. The molecule has 4 aromatic rings. The molecule has 0 aliphatic heterocycles. The van der Waals surface area contributed by atoms with Crippen molar-refractivity contribution in [2.75, 3.05) is 17.2 Å². The molecule has 7 heteroatoms. The first-order valence-corrected chi connectivity index (χ1v) is 9.16. The maximum Gasteiger partial charge on any atom is 0.274 e. The molecule has 2 aromatic carbocycles. The smallest absolute Gasteiger partial charge is 0.274 e. The Labute approximate surface area is 167 Å². The van der Waals surface area contributed by atoms with Crippen LogP contribution >= 0.6 is 0 Å². The van der Waals surface area contributed by atoms with E-state index in [9.17, 15) is 4.79 Å². The van der Waals surface area contributed by atoms with Crippen molar-refractivity contribution in [3.63, 3.8) is 0 Å². The molecule has 0 unspecified atom stereocenters. The first-order valence-electron chi connectivity index (χ1n) is 9.16. The van der Waals surface area contributed by atoms with E-state index >= 15 is 0 Å². The molecule has 0 aliphatic rings. The highest BCUT2D eigenvalue weighted by Crippen LogP contribution is 2.18. The lowest BCUT2D eigenvalue weighted by Gasteiger charge is -2.07. The van der Waals surface area contributed by atoms with Crippen molar-refractivity contribution in [3.8, 4) is 6.07 Å². The third-order valence-electron chi connectivity index (χ3n) is 4.49. The maximum absolute atomic E-state index is 12.5. The van der Waals surface area contributed by atoms with Gasteiger partial charge in [-0.2, -0.15) is 5.26 Å². The van der Waals surface area contributed by atoms with Gasteiger partial charge in [-0.25, -0.2) is 9.97 Å². The van der Waals surface area contributed by atoms with E-state index in [1.54, 1.807) is 36.5 Å². The van der Waals surface area contributed by atoms with E-state index in [0.29, 0.717) is 23.7 Å². The van der Waals surface area contributed by atoms with Gasteiger partial charge in [-0.05, 0) is 42.3 Å². The lowest BCUT2D eigenvalue weighted by Crippen LogP contribution is -2.16. The zero-order valence-electron chi connectivity index (χ0n) is 15.5. The number of anilines is 2. The van der Waals surface area contributed by atoms with Crippen LogP contribution in [0.2, 0.25) is 0 Å². The van der Waals surface area contributed by atoms with Gasteiger partial charge in [0.05, 0.1) is 11.6 Å². The first kappa shape index (κ1) is 18.2. The molecule has 0 aliphatic carbocycles. The molecule has 7 nitrogen and oxygen atoms in total. The Balaban J connectivity index is 1.39. The molecule has 0 atom stereocenters. The number of carbonyl (C=O) groups excluding carboxylic acids is 1. The number of para-hydroxylation sites is 1. The van der Waals surface area contributed by atoms with Crippen LogP contribution in [-0.2, 0) is 6.42 Å². The zero-order valence-corrected chi connectivity index (χ0v) is 15.5. The van der Waals surface area contributed by atoms with Gasteiger partial charge in [0, 0.05) is 35.5 Å². The number of carbonyl (C=O) groups is 1. The average molecular weight is 382 g/mol. The number of aromatic amines is 1. The number of fused-ring (bicyclic) bond motifs is 1. The number of benzene rings is 2. The van der Waals surface area contributed by atoms with Crippen LogP contribution < -0.4 is 10.6 Å². The highest BCUT2D eigenvalue weighted by molar-refractivity contribution is 6.03. The molecule has 2 aromatic heterocycles. The molecule has 3 N–H and O–H groups in total. The molecule has 0 bridgehead atoms. The van der Waals surface area contributed by atoms with Crippen LogP contribution in [-0.4, -0.2) is 27.4 Å². The summed E-state index contributed by atoms with van der Waals surface area (Å²) in [6, 6.07) is 18.5. The molecule has 2 heterocycles. The third-order valence-corrected chi connectivity index (χ3v) is 4.49. The van der Waals surface area contributed by atoms with Crippen molar-refractivity contribution in [1.29, 1.82) is 5.26 Å². The van der Waals surface area contributed by atoms with Crippen LogP contribution in [0, 0.1) is 11.3 Å². The molecule has 0 spiro atoms. The van der Waals surface area contributed by atoms with Gasteiger partial charge in [-0.3, -0.25) is 4.79 Å². The van der Waals surface area contributed by atoms with Crippen LogP contribution in [0.3, 0.4) is 0 Å². The van der Waals surface area contributed by atoms with Crippen LogP contribution in [0.1, 0.15) is 21.6 Å². The van der Waals surface area contributed by atoms with Gasteiger partial charge < -0.3 is 15.6 Å². The lowest BCUT2D eigenvalue weighted by molar-refractivity contribution is 0.102. The van der Waals surface area contributed by atoms with E-state index in [4.69, 9.17) is 5.26 Å². The van der Waals surface area contributed by atoms with E-state index in [2.05, 4.69) is 31.7 Å². The fraction of sp³-hybridized carbons (Fsp3) is 0.0909. The standard InChI is InChI=1S/C22H18N6O/c23-13-15-4-3-5-17(12-15)27-21(29)20-9-11-25-22(28-20)24-10-8-16-14-26-19-7-2-1-6-18(16)19/h1-7,9,11-12,14,26H,8,10H2,(H,27,29)(H,24,25,28). The molecule has 29 heavy (non-hydrogen) atoms. The van der Waals surface area contributed by atoms with Crippen LogP contribution in [0.25, 0.3) is 10.9 Å². The molecule has 0 radical (unpaired) electrons. The van der Waals surface area contributed by atoms with E-state index in [-0.39, 0.29) is 11.6 Å². The minimum absolute atomic E-state index is 0.247. The van der Waals surface area contributed by atoms with E-state index in [1.807, 2.05) is 30.5 Å². The van der Waals surface area contributed by atoms with Crippen LogP contribution in [0.5, 0.6) is 0 Å². The minimum Gasteiger partial charge on any atom is -0.361 e. The molecular weight excluding hydrogens is 364 g/mol. The molecule has 0 fully saturated rings. The maximum atomic E-state index is 12.5. The number of nitrogens with one attached hydrogen (secondary N) is 3. The summed E-state index contributed by atoms with van der Waals surface area (Å²) in [6.45, 7) is 0.636. The van der Waals surface area contributed by atoms with Gasteiger partial charge in [0.2, 0.25) is 5.95 Å². The number of rotatable bonds is 6. The van der Waals surface area contributed by atoms with E-state index in [1.165, 1.54) is 10.9 Å². The Kier molecular flexibility index (Phi) is 5.16. The molecule has 4 rings (SSSR count). The van der Waals surface area contributed by atoms with Gasteiger partial charge in [-0.15, -0.1) is 0 Å². The van der Waals surface area contributed by atoms with E-state index < -0.39 is 0 Å². The Morgan fingerprint density at radius 3 is 2.93 bits per heavy atom. The number of nitriles is 1. The normalized spacial score (nSPS) is 10.4. The molecular formula is C22H18N6O. The Morgan fingerprint density at radius 1 is 1.14 bits per heavy atom. The second-order valence-corrected chi connectivity index (χ2v) is 6.45. The summed E-state index contributed by atoms with van der Waals surface area (Å²) in [5, 5.41) is 16.1. The van der Waals surface area contributed by atoms with Crippen LogP contribution in [0.4, 0.5) is 11.6 Å². The average Bonchev–Trinajstić information content (AvgIpc) is 3.17. The highest BCUT2D eigenvalue weighted by atomic mass is 16.1. The number of amides is 1. The predicted octanol–water partition coefficient (Wildman–Crippen LogP) is 3.74. The number of hydrogen-bond acceptors (Lipinski definition) is 5. The number of H-pyrrole nitrogens is 1. The summed E-state index contributed by atoms with van der Waals surface area (Å²) in [6.07, 6.45) is 4.35. The summed E-state index contributed by atoms with van der Waals surface area (Å²) in [5.74, 6) is 0.0328. The van der Waals surface area contributed by atoms with Gasteiger partial charge in [0.1, 0.15) is 5.69 Å². The summed E-state index contributed by atoms with van der Waals surface area (Å²) in [5.41, 5.74) is 3.58. The van der Waals surface area contributed by atoms with Gasteiger partial charge in [0.25, 0.3) is 5.91 Å². The van der Waals surface area contributed by atoms with Crippen molar-refractivity contribution >= 4 is 28.4 Å².